The zero-order valence-electron chi connectivity index (χ0n) is 16.7. The lowest BCUT2D eigenvalue weighted by Gasteiger charge is -2.35. The Bertz CT molecular complexity index is 946. The van der Waals surface area contributed by atoms with E-state index in [4.69, 9.17) is 5.11 Å². The van der Waals surface area contributed by atoms with Crippen LogP contribution in [0.1, 0.15) is 44.7 Å². The Morgan fingerprint density at radius 2 is 1.90 bits per heavy atom. The molecule has 0 aliphatic carbocycles. The zero-order chi connectivity index (χ0) is 20.7. The molecule has 1 fully saturated rings. The molecule has 0 spiro atoms. The van der Waals surface area contributed by atoms with E-state index in [2.05, 4.69) is 5.10 Å². The number of hydrogen-bond acceptors (Lipinski definition) is 4. The van der Waals surface area contributed by atoms with Crippen LogP contribution < -0.4 is 4.90 Å². The molecule has 2 N–H and O–H groups in total. The SMILES string of the molecule is CC(=O)N1c2ccc(-c3cnn(C4CCN(C(=O)O)CC4)c3)c(O)c2CC[C@@H]1C. The van der Waals surface area contributed by atoms with Gasteiger partial charge in [0.15, 0.2) is 0 Å². The maximum atomic E-state index is 12.1. The van der Waals surface area contributed by atoms with Crippen molar-refractivity contribution in [2.24, 2.45) is 0 Å². The third-order valence-corrected chi connectivity index (χ3v) is 6.13. The summed E-state index contributed by atoms with van der Waals surface area (Å²) in [5.41, 5.74) is 3.11. The second-order valence-electron chi connectivity index (χ2n) is 7.95. The van der Waals surface area contributed by atoms with E-state index in [0.29, 0.717) is 18.7 Å². The highest BCUT2D eigenvalue weighted by atomic mass is 16.4. The predicted molar refractivity (Wildman–Crippen MR) is 108 cm³/mol. The van der Waals surface area contributed by atoms with Crippen LogP contribution in [0, 0.1) is 0 Å². The van der Waals surface area contributed by atoms with Gasteiger partial charge < -0.3 is 20.0 Å². The minimum Gasteiger partial charge on any atom is -0.507 e. The number of rotatable bonds is 2. The highest BCUT2D eigenvalue weighted by molar-refractivity contribution is 5.95. The first-order valence-electron chi connectivity index (χ1n) is 10.0. The van der Waals surface area contributed by atoms with Gasteiger partial charge in [0.2, 0.25) is 5.91 Å². The lowest BCUT2D eigenvalue weighted by molar-refractivity contribution is -0.117. The molecule has 0 unspecified atom stereocenters. The summed E-state index contributed by atoms with van der Waals surface area (Å²) >= 11 is 0. The number of anilines is 1. The lowest BCUT2D eigenvalue weighted by Crippen LogP contribution is -2.40. The van der Waals surface area contributed by atoms with Crippen LogP contribution in [0.4, 0.5) is 10.5 Å². The van der Waals surface area contributed by atoms with Crippen molar-refractivity contribution in [3.63, 3.8) is 0 Å². The molecule has 1 saturated heterocycles. The third-order valence-electron chi connectivity index (χ3n) is 6.13. The smallest absolute Gasteiger partial charge is 0.407 e. The van der Waals surface area contributed by atoms with Gasteiger partial charge in [0.05, 0.1) is 17.9 Å². The van der Waals surface area contributed by atoms with Crippen molar-refractivity contribution in [3.05, 3.63) is 30.1 Å². The van der Waals surface area contributed by atoms with Crippen LogP contribution in [0.25, 0.3) is 11.1 Å². The molecule has 2 amide bonds. The number of amides is 2. The van der Waals surface area contributed by atoms with Crippen LogP contribution in [-0.4, -0.2) is 56.0 Å². The minimum atomic E-state index is -0.877. The molecule has 1 aromatic heterocycles. The van der Waals surface area contributed by atoms with Gasteiger partial charge in [-0.2, -0.15) is 5.10 Å². The number of piperidine rings is 1. The van der Waals surface area contributed by atoms with Crippen molar-refractivity contribution in [1.82, 2.24) is 14.7 Å². The summed E-state index contributed by atoms with van der Waals surface area (Å²) in [4.78, 5) is 26.3. The van der Waals surface area contributed by atoms with E-state index >= 15 is 0 Å². The van der Waals surface area contributed by atoms with Crippen molar-refractivity contribution < 1.29 is 19.8 Å². The fraction of sp³-hybridized carbons (Fsp3) is 0.476. The third kappa shape index (κ3) is 3.43. The number of phenolic OH excluding ortho intramolecular Hbond substituents is 1. The standard InChI is InChI=1S/C21H26N4O4/c1-13-3-4-18-19(25(13)14(2)26)6-5-17(20(18)27)15-11-22-24(12-15)16-7-9-23(10-8-16)21(28)29/h5-6,11-13,16,27H,3-4,7-10H2,1-2H3,(H,28,29)/t13-/m0/s1. The van der Waals surface area contributed by atoms with Gasteiger partial charge in [0, 0.05) is 48.9 Å². The van der Waals surface area contributed by atoms with Crippen molar-refractivity contribution in [2.75, 3.05) is 18.0 Å². The highest BCUT2D eigenvalue weighted by Crippen LogP contribution is 2.42. The molecule has 0 radical (unpaired) electrons. The summed E-state index contributed by atoms with van der Waals surface area (Å²) < 4.78 is 1.87. The van der Waals surface area contributed by atoms with Gasteiger partial charge in [0.25, 0.3) is 0 Å². The normalized spacial score (nSPS) is 19.9. The van der Waals surface area contributed by atoms with Gasteiger partial charge in [-0.05, 0) is 44.7 Å². The monoisotopic (exact) mass is 398 g/mol. The largest absolute Gasteiger partial charge is 0.507 e. The number of carbonyl (C=O) groups is 2. The Labute approximate surface area is 169 Å². The molecule has 1 atom stereocenters. The fourth-order valence-electron chi connectivity index (χ4n) is 4.53. The molecule has 0 saturated carbocycles. The number of likely N-dealkylation sites (tertiary alicyclic amines) is 1. The number of benzene rings is 1. The van der Waals surface area contributed by atoms with Crippen LogP contribution in [-0.2, 0) is 11.2 Å². The molecule has 29 heavy (non-hydrogen) atoms. The van der Waals surface area contributed by atoms with Crippen LogP contribution in [0.2, 0.25) is 0 Å². The zero-order valence-corrected chi connectivity index (χ0v) is 16.7. The molecule has 2 aliphatic heterocycles. The van der Waals surface area contributed by atoms with Gasteiger partial charge in [-0.3, -0.25) is 9.48 Å². The summed E-state index contributed by atoms with van der Waals surface area (Å²) in [7, 11) is 0. The van der Waals surface area contributed by atoms with E-state index in [0.717, 1.165) is 42.5 Å². The summed E-state index contributed by atoms with van der Waals surface area (Å²) in [6.45, 7) is 4.57. The topological polar surface area (TPSA) is 98.9 Å². The van der Waals surface area contributed by atoms with Gasteiger partial charge in [-0.15, -0.1) is 0 Å². The molecular formula is C21H26N4O4. The molecule has 8 nitrogen and oxygen atoms in total. The van der Waals surface area contributed by atoms with E-state index in [9.17, 15) is 14.7 Å². The maximum Gasteiger partial charge on any atom is 0.407 e. The minimum absolute atomic E-state index is 0.0221. The van der Waals surface area contributed by atoms with Crippen molar-refractivity contribution >= 4 is 17.7 Å². The summed E-state index contributed by atoms with van der Waals surface area (Å²) in [5, 5.41) is 24.5. The van der Waals surface area contributed by atoms with Crippen LogP contribution in [0.5, 0.6) is 5.75 Å². The summed E-state index contributed by atoms with van der Waals surface area (Å²) in [6.07, 6.45) is 5.74. The quantitative estimate of drug-likeness (QED) is 0.809. The Morgan fingerprint density at radius 1 is 1.17 bits per heavy atom. The van der Waals surface area contributed by atoms with Gasteiger partial charge in [0.1, 0.15) is 5.75 Å². The highest BCUT2D eigenvalue weighted by Gasteiger charge is 2.29. The summed E-state index contributed by atoms with van der Waals surface area (Å²) in [5.74, 6) is 0.187. The maximum absolute atomic E-state index is 12.1. The second kappa shape index (κ2) is 7.42. The molecule has 3 heterocycles. The number of aromatic nitrogens is 2. The van der Waals surface area contributed by atoms with Gasteiger partial charge >= 0.3 is 6.09 Å². The molecule has 154 valence electrons. The van der Waals surface area contributed by atoms with E-state index in [-0.39, 0.29) is 23.7 Å². The number of carbonyl (C=O) groups excluding carboxylic acids is 1. The van der Waals surface area contributed by atoms with Crippen LogP contribution in [0.15, 0.2) is 24.5 Å². The van der Waals surface area contributed by atoms with E-state index in [1.165, 1.54) is 4.90 Å². The predicted octanol–water partition coefficient (Wildman–Crippen LogP) is 3.26. The fourth-order valence-corrected chi connectivity index (χ4v) is 4.53. The molecular weight excluding hydrogens is 372 g/mol. The van der Waals surface area contributed by atoms with Gasteiger partial charge in [-0.25, -0.2) is 4.79 Å². The molecule has 2 aliphatic rings. The number of hydrogen-bond donors (Lipinski definition) is 2. The van der Waals surface area contributed by atoms with E-state index in [1.807, 2.05) is 29.9 Å². The number of nitrogens with zero attached hydrogens (tertiary/aromatic N) is 4. The van der Waals surface area contributed by atoms with Crippen molar-refractivity contribution in [3.8, 4) is 16.9 Å². The second-order valence-corrected chi connectivity index (χ2v) is 7.95. The van der Waals surface area contributed by atoms with Crippen LogP contribution in [0.3, 0.4) is 0 Å². The first-order chi connectivity index (χ1) is 13.9. The van der Waals surface area contributed by atoms with E-state index in [1.54, 1.807) is 18.0 Å². The number of fused-ring (bicyclic) bond motifs is 1. The Hall–Kier alpha value is -3.03. The average molecular weight is 398 g/mol. The Kier molecular flexibility index (Phi) is 4.94. The molecule has 8 heteroatoms. The number of phenols is 1. The first-order valence-corrected chi connectivity index (χ1v) is 10.0. The summed E-state index contributed by atoms with van der Waals surface area (Å²) in [6, 6.07) is 4.01. The molecule has 2 aromatic rings. The van der Waals surface area contributed by atoms with Crippen molar-refractivity contribution in [1.29, 1.82) is 0 Å². The average Bonchev–Trinajstić information content (AvgIpc) is 3.17. The van der Waals surface area contributed by atoms with Gasteiger partial charge in [-0.1, -0.05) is 0 Å². The van der Waals surface area contributed by atoms with Crippen molar-refractivity contribution in [2.45, 2.75) is 51.6 Å². The molecule has 0 bridgehead atoms. The van der Waals surface area contributed by atoms with E-state index < -0.39 is 6.09 Å². The number of carboxylic acid groups (broad SMARTS) is 1. The van der Waals surface area contributed by atoms with Crippen LogP contribution >= 0.6 is 0 Å². The Morgan fingerprint density at radius 3 is 2.55 bits per heavy atom. The lowest BCUT2D eigenvalue weighted by atomic mass is 9.92. The first kappa shape index (κ1) is 19.3. The Balaban J connectivity index is 1.59. The molecule has 4 rings (SSSR count). The number of aromatic hydroxyl groups is 1. The molecule has 1 aromatic carbocycles.